The topological polar surface area (TPSA) is 41.6 Å². The molecule has 1 saturated heterocycles. The van der Waals surface area contributed by atoms with Gasteiger partial charge in [-0.25, -0.2) is 0 Å². The van der Waals surface area contributed by atoms with Gasteiger partial charge in [-0.05, 0) is 18.5 Å². The molecule has 1 atom stereocenters. The minimum absolute atomic E-state index is 0.116. The van der Waals surface area contributed by atoms with E-state index in [-0.39, 0.29) is 5.97 Å². The minimum Gasteiger partial charge on any atom is -0.469 e. The normalized spacial score (nSPS) is 20.2. The summed E-state index contributed by atoms with van der Waals surface area (Å²) >= 11 is 0. The zero-order valence-electron chi connectivity index (χ0n) is 11.5. The molecule has 0 saturated carbocycles. The Hall–Kier alpha value is -1.39. The Kier molecular flexibility index (Phi) is 5.36. The van der Waals surface area contributed by atoms with Crippen molar-refractivity contribution < 1.29 is 9.53 Å². The van der Waals surface area contributed by atoms with Crippen LogP contribution < -0.4 is 5.32 Å². The predicted octanol–water partition coefficient (Wildman–Crippen LogP) is 1.59. The van der Waals surface area contributed by atoms with Crippen LogP contribution in [-0.4, -0.2) is 44.2 Å². The summed E-state index contributed by atoms with van der Waals surface area (Å²) in [6, 6.07) is 10.9. The number of carbonyl (C=O) groups is 1. The highest BCUT2D eigenvalue weighted by Gasteiger charge is 2.20. The van der Waals surface area contributed by atoms with Gasteiger partial charge in [-0.1, -0.05) is 30.3 Å². The molecule has 0 aromatic heterocycles. The van der Waals surface area contributed by atoms with Crippen molar-refractivity contribution in [3.63, 3.8) is 0 Å². The van der Waals surface area contributed by atoms with E-state index in [0.29, 0.717) is 12.5 Å². The first-order valence-electron chi connectivity index (χ1n) is 6.87. The average molecular weight is 262 g/mol. The van der Waals surface area contributed by atoms with Crippen molar-refractivity contribution in [2.75, 3.05) is 33.3 Å². The second-order valence-electron chi connectivity index (χ2n) is 4.90. The smallest absolute Gasteiger partial charge is 0.305 e. The van der Waals surface area contributed by atoms with E-state index >= 15 is 0 Å². The molecule has 104 valence electrons. The number of piperazine rings is 1. The van der Waals surface area contributed by atoms with Gasteiger partial charge < -0.3 is 15.0 Å². The molecule has 1 heterocycles. The number of ether oxygens (including phenoxy) is 1. The third-order valence-corrected chi connectivity index (χ3v) is 3.54. The number of nitrogens with one attached hydrogen (secondary N) is 1. The number of rotatable bonds is 5. The molecular weight excluding hydrogens is 240 g/mol. The van der Waals surface area contributed by atoms with E-state index in [2.05, 4.69) is 39.2 Å². The molecule has 0 spiro atoms. The molecule has 4 nitrogen and oxygen atoms in total. The molecule has 2 rings (SSSR count). The van der Waals surface area contributed by atoms with E-state index in [1.165, 1.54) is 12.7 Å². The highest BCUT2D eigenvalue weighted by molar-refractivity contribution is 5.69. The van der Waals surface area contributed by atoms with Crippen molar-refractivity contribution in [2.24, 2.45) is 0 Å². The molecule has 4 heteroatoms. The SMILES string of the molecule is COC(=O)CCCN1CCNC(c2ccccc2)C1. The molecule has 0 amide bonds. The Morgan fingerprint density at radius 3 is 2.95 bits per heavy atom. The van der Waals surface area contributed by atoms with Gasteiger partial charge in [-0.2, -0.15) is 0 Å². The van der Waals surface area contributed by atoms with Gasteiger partial charge in [0.1, 0.15) is 0 Å². The Balaban J connectivity index is 1.79. The van der Waals surface area contributed by atoms with Gasteiger partial charge in [0, 0.05) is 32.1 Å². The molecule has 1 unspecified atom stereocenters. The summed E-state index contributed by atoms with van der Waals surface area (Å²) < 4.78 is 4.66. The number of hydrogen-bond donors (Lipinski definition) is 1. The van der Waals surface area contributed by atoms with Crippen molar-refractivity contribution in [1.29, 1.82) is 0 Å². The maximum absolute atomic E-state index is 11.1. The summed E-state index contributed by atoms with van der Waals surface area (Å²) in [6.07, 6.45) is 1.38. The first-order chi connectivity index (χ1) is 9.29. The lowest BCUT2D eigenvalue weighted by Crippen LogP contribution is -2.46. The molecular formula is C15H22N2O2. The number of benzene rings is 1. The van der Waals surface area contributed by atoms with Crippen molar-refractivity contribution in [2.45, 2.75) is 18.9 Å². The Bertz CT molecular complexity index is 394. The maximum atomic E-state index is 11.1. The number of carbonyl (C=O) groups excluding carboxylic acids is 1. The Morgan fingerprint density at radius 2 is 2.21 bits per heavy atom. The van der Waals surface area contributed by atoms with E-state index in [4.69, 9.17) is 0 Å². The summed E-state index contributed by atoms with van der Waals surface area (Å²) in [4.78, 5) is 13.5. The van der Waals surface area contributed by atoms with Crippen LogP contribution >= 0.6 is 0 Å². The molecule has 1 aromatic rings. The van der Waals surface area contributed by atoms with Gasteiger partial charge in [0.15, 0.2) is 0 Å². The van der Waals surface area contributed by atoms with Gasteiger partial charge in [-0.15, -0.1) is 0 Å². The van der Waals surface area contributed by atoms with Gasteiger partial charge in [0.05, 0.1) is 7.11 Å². The third-order valence-electron chi connectivity index (χ3n) is 3.54. The quantitative estimate of drug-likeness (QED) is 0.818. The highest BCUT2D eigenvalue weighted by Crippen LogP contribution is 2.17. The number of hydrogen-bond acceptors (Lipinski definition) is 4. The maximum Gasteiger partial charge on any atom is 0.305 e. The van der Waals surface area contributed by atoms with Crippen molar-refractivity contribution >= 4 is 5.97 Å². The molecule has 0 radical (unpaired) electrons. The largest absolute Gasteiger partial charge is 0.469 e. The molecule has 0 aliphatic carbocycles. The van der Waals surface area contributed by atoms with Gasteiger partial charge >= 0.3 is 5.97 Å². The molecule has 1 N–H and O–H groups in total. The van der Waals surface area contributed by atoms with Gasteiger partial charge in [-0.3, -0.25) is 4.79 Å². The van der Waals surface area contributed by atoms with Gasteiger partial charge in [0.2, 0.25) is 0 Å². The van der Waals surface area contributed by atoms with Crippen molar-refractivity contribution in [3.05, 3.63) is 35.9 Å². The first kappa shape index (κ1) is 14.0. The highest BCUT2D eigenvalue weighted by atomic mass is 16.5. The summed E-state index contributed by atoms with van der Waals surface area (Å²) in [5.74, 6) is -0.116. The molecule has 0 bridgehead atoms. The van der Waals surface area contributed by atoms with Crippen LogP contribution in [0.2, 0.25) is 0 Å². The van der Waals surface area contributed by atoms with E-state index in [1.807, 2.05) is 6.07 Å². The van der Waals surface area contributed by atoms with Crippen LogP contribution in [0.4, 0.5) is 0 Å². The first-order valence-corrected chi connectivity index (χ1v) is 6.87. The minimum atomic E-state index is -0.116. The Labute approximate surface area is 114 Å². The van der Waals surface area contributed by atoms with Crippen LogP contribution in [0.15, 0.2) is 30.3 Å². The average Bonchev–Trinajstić information content (AvgIpc) is 2.48. The van der Waals surface area contributed by atoms with E-state index in [1.54, 1.807) is 0 Å². The van der Waals surface area contributed by atoms with Crippen LogP contribution in [0.1, 0.15) is 24.4 Å². The summed E-state index contributed by atoms with van der Waals surface area (Å²) in [6.45, 7) is 4.01. The summed E-state index contributed by atoms with van der Waals surface area (Å²) in [5, 5.41) is 3.54. The number of nitrogens with zero attached hydrogens (tertiary/aromatic N) is 1. The fourth-order valence-corrected chi connectivity index (χ4v) is 2.47. The van der Waals surface area contributed by atoms with Gasteiger partial charge in [0.25, 0.3) is 0 Å². The zero-order chi connectivity index (χ0) is 13.5. The second kappa shape index (κ2) is 7.26. The fraction of sp³-hybridized carbons (Fsp3) is 0.533. The molecule has 1 fully saturated rings. The van der Waals surface area contributed by atoms with Crippen LogP contribution in [-0.2, 0) is 9.53 Å². The summed E-state index contributed by atoms with van der Waals surface area (Å²) in [5.41, 5.74) is 1.33. The van der Waals surface area contributed by atoms with Crippen LogP contribution in [0.5, 0.6) is 0 Å². The van der Waals surface area contributed by atoms with Crippen LogP contribution in [0.25, 0.3) is 0 Å². The van der Waals surface area contributed by atoms with Crippen molar-refractivity contribution in [1.82, 2.24) is 10.2 Å². The predicted molar refractivity (Wildman–Crippen MR) is 74.9 cm³/mol. The molecule has 19 heavy (non-hydrogen) atoms. The lowest BCUT2D eigenvalue weighted by Gasteiger charge is -2.33. The van der Waals surface area contributed by atoms with E-state index in [0.717, 1.165) is 32.6 Å². The molecule has 1 aliphatic rings. The number of methoxy groups -OCH3 is 1. The Morgan fingerprint density at radius 1 is 1.42 bits per heavy atom. The van der Waals surface area contributed by atoms with Crippen molar-refractivity contribution in [3.8, 4) is 0 Å². The standard InChI is InChI=1S/C15H22N2O2/c1-19-15(18)8-5-10-17-11-9-16-14(12-17)13-6-3-2-4-7-13/h2-4,6-7,14,16H,5,8-12H2,1H3. The lowest BCUT2D eigenvalue weighted by molar-refractivity contribution is -0.140. The number of esters is 1. The molecule has 1 aliphatic heterocycles. The molecule has 1 aromatic carbocycles. The fourth-order valence-electron chi connectivity index (χ4n) is 2.47. The van der Waals surface area contributed by atoms with E-state index < -0.39 is 0 Å². The summed E-state index contributed by atoms with van der Waals surface area (Å²) in [7, 11) is 1.44. The monoisotopic (exact) mass is 262 g/mol. The van der Waals surface area contributed by atoms with Crippen LogP contribution in [0.3, 0.4) is 0 Å². The second-order valence-corrected chi connectivity index (χ2v) is 4.90. The van der Waals surface area contributed by atoms with E-state index in [9.17, 15) is 4.79 Å². The van der Waals surface area contributed by atoms with Crippen LogP contribution in [0, 0.1) is 0 Å². The lowest BCUT2D eigenvalue weighted by atomic mass is 10.0. The third kappa shape index (κ3) is 4.33. The zero-order valence-corrected chi connectivity index (χ0v) is 11.5.